The van der Waals surface area contributed by atoms with E-state index in [0.29, 0.717) is 0 Å². The summed E-state index contributed by atoms with van der Waals surface area (Å²) < 4.78 is 0. The van der Waals surface area contributed by atoms with Crippen LogP contribution in [0.25, 0.3) is 0 Å². The van der Waals surface area contributed by atoms with E-state index in [1.54, 1.807) is 0 Å². The molecule has 1 saturated heterocycles. The molecule has 0 unspecified atom stereocenters. The molecule has 6 heteroatoms. The SMILES string of the molecule is C[C@H](C(=O)O)N1C[C@@H](C(=O)O)CC1=O. The number of hydrogen-bond acceptors (Lipinski definition) is 3. The highest BCUT2D eigenvalue weighted by Crippen LogP contribution is 2.20. The predicted molar refractivity (Wildman–Crippen MR) is 44.6 cm³/mol. The normalized spacial score (nSPS) is 23.6. The highest BCUT2D eigenvalue weighted by molar-refractivity contribution is 5.89. The van der Waals surface area contributed by atoms with Gasteiger partial charge in [0.2, 0.25) is 5.91 Å². The van der Waals surface area contributed by atoms with Gasteiger partial charge >= 0.3 is 11.9 Å². The second kappa shape index (κ2) is 3.65. The Morgan fingerprint density at radius 1 is 1.50 bits per heavy atom. The summed E-state index contributed by atoms with van der Waals surface area (Å²) in [6.45, 7) is 1.35. The quantitative estimate of drug-likeness (QED) is 0.635. The Morgan fingerprint density at radius 2 is 2.07 bits per heavy atom. The first kappa shape index (κ1) is 10.5. The maximum atomic E-state index is 11.2. The summed E-state index contributed by atoms with van der Waals surface area (Å²) >= 11 is 0. The maximum absolute atomic E-state index is 11.2. The Morgan fingerprint density at radius 3 is 2.43 bits per heavy atom. The lowest BCUT2D eigenvalue weighted by molar-refractivity contribution is -0.147. The Kier molecular flexibility index (Phi) is 2.73. The molecule has 1 heterocycles. The average molecular weight is 201 g/mol. The molecule has 1 aliphatic heterocycles. The molecule has 0 radical (unpaired) electrons. The van der Waals surface area contributed by atoms with Crippen LogP contribution in [-0.2, 0) is 14.4 Å². The Bertz CT molecular complexity index is 287. The highest BCUT2D eigenvalue weighted by Gasteiger charge is 2.38. The molecule has 2 N–H and O–H groups in total. The molecule has 0 aliphatic carbocycles. The van der Waals surface area contributed by atoms with Gasteiger partial charge in [0, 0.05) is 13.0 Å². The number of carbonyl (C=O) groups is 3. The van der Waals surface area contributed by atoms with Gasteiger partial charge in [-0.3, -0.25) is 9.59 Å². The third-order valence-corrected chi connectivity index (χ3v) is 2.33. The number of likely N-dealkylation sites (tertiary alicyclic amines) is 1. The van der Waals surface area contributed by atoms with Crippen molar-refractivity contribution in [3.05, 3.63) is 0 Å². The van der Waals surface area contributed by atoms with Crippen molar-refractivity contribution in [1.29, 1.82) is 0 Å². The highest BCUT2D eigenvalue weighted by atomic mass is 16.4. The standard InChI is InChI=1S/C8H11NO5/c1-4(7(11)12)9-3-5(8(13)14)2-6(9)10/h4-5H,2-3H2,1H3,(H,11,12)(H,13,14)/t4-,5+/m1/s1. The molecular formula is C8H11NO5. The van der Waals surface area contributed by atoms with Crippen LogP contribution in [0.15, 0.2) is 0 Å². The largest absolute Gasteiger partial charge is 0.481 e. The lowest BCUT2D eigenvalue weighted by Crippen LogP contribution is -2.40. The first-order chi connectivity index (χ1) is 6.43. The lowest BCUT2D eigenvalue weighted by atomic mass is 10.1. The van der Waals surface area contributed by atoms with E-state index in [9.17, 15) is 14.4 Å². The van der Waals surface area contributed by atoms with E-state index >= 15 is 0 Å². The summed E-state index contributed by atoms with van der Waals surface area (Å²) in [7, 11) is 0. The fraction of sp³-hybridized carbons (Fsp3) is 0.625. The Hall–Kier alpha value is -1.59. The molecule has 2 atom stereocenters. The van der Waals surface area contributed by atoms with Gasteiger partial charge in [-0.05, 0) is 6.92 Å². The fourth-order valence-electron chi connectivity index (χ4n) is 1.40. The van der Waals surface area contributed by atoms with E-state index in [0.717, 1.165) is 4.90 Å². The molecule has 0 bridgehead atoms. The minimum Gasteiger partial charge on any atom is -0.481 e. The van der Waals surface area contributed by atoms with E-state index in [2.05, 4.69) is 0 Å². The topological polar surface area (TPSA) is 94.9 Å². The summed E-state index contributed by atoms with van der Waals surface area (Å²) in [5, 5.41) is 17.3. The number of hydrogen-bond donors (Lipinski definition) is 2. The summed E-state index contributed by atoms with van der Waals surface area (Å²) in [6.07, 6.45) is -0.104. The van der Waals surface area contributed by atoms with Gasteiger partial charge in [-0.15, -0.1) is 0 Å². The fourth-order valence-corrected chi connectivity index (χ4v) is 1.40. The number of carboxylic acid groups (broad SMARTS) is 2. The number of nitrogens with zero attached hydrogens (tertiary/aromatic N) is 1. The Balaban J connectivity index is 2.70. The van der Waals surface area contributed by atoms with Crippen LogP contribution in [-0.4, -0.2) is 45.5 Å². The van der Waals surface area contributed by atoms with Crippen LogP contribution in [0.3, 0.4) is 0 Å². The molecule has 1 fully saturated rings. The first-order valence-corrected chi connectivity index (χ1v) is 4.18. The molecule has 0 spiro atoms. The van der Waals surface area contributed by atoms with Crippen LogP contribution in [0.4, 0.5) is 0 Å². The zero-order chi connectivity index (χ0) is 10.9. The van der Waals surface area contributed by atoms with Gasteiger partial charge in [0.05, 0.1) is 5.92 Å². The van der Waals surface area contributed by atoms with Crippen molar-refractivity contribution in [3.63, 3.8) is 0 Å². The number of carbonyl (C=O) groups excluding carboxylic acids is 1. The van der Waals surface area contributed by atoms with E-state index in [1.165, 1.54) is 6.92 Å². The van der Waals surface area contributed by atoms with Crippen LogP contribution in [0.5, 0.6) is 0 Å². The number of amides is 1. The molecule has 14 heavy (non-hydrogen) atoms. The van der Waals surface area contributed by atoms with Gasteiger partial charge in [-0.2, -0.15) is 0 Å². The summed E-state index contributed by atoms with van der Waals surface area (Å²) in [5.41, 5.74) is 0. The molecule has 0 aromatic heterocycles. The monoisotopic (exact) mass is 201 g/mol. The average Bonchev–Trinajstić information content (AvgIpc) is 2.46. The summed E-state index contributed by atoms with van der Waals surface area (Å²) in [5.74, 6) is -3.36. The van der Waals surface area contributed by atoms with Gasteiger partial charge in [0.15, 0.2) is 0 Å². The zero-order valence-corrected chi connectivity index (χ0v) is 7.64. The molecular weight excluding hydrogens is 190 g/mol. The van der Waals surface area contributed by atoms with Crippen LogP contribution in [0.1, 0.15) is 13.3 Å². The van der Waals surface area contributed by atoms with Gasteiger partial charge < -0.3 is 15.1 Å². The predicted octanol–water partition coefficient (Wildman–Crippen LogP) is -0.607. The van der Waals surface area contributed by atoms with Crippen LogP contribution < -0.4 is 0 Å². The number of rotatable bonds is 3. The first-order valence-electron chi connectivity index (χ1n) is 4.18. The molecule has 1 amide bonds. The second-order valence-electron chi connectivity index (χ2n) is 3.30. The van der Waals surface area contributed by atoms with Crippen molar-refractivity contribution in [1.82, 2.24) is 4.90 Å². The molecule has 1 aliphatic rings. The molecule has 6 nitrogen and oxygen atoms in total. The Labute approximate surface area is 80.1 Å². The number of aliphatic carboxylic acids is 2. The van der Waals surface area contributed by atoms with E-state index in [1.807, 2.05) is 0 Å². The lowest BCUT2D eigenvalue weighted by Gasteiger charge is -2.20. The van der Waals surface area contributed by atoms with Crippen LogP contribution >= 0.6 is 0 Å². The molecule has 0 saturated carbocycles. The van der Waals surface area contributed by atoms with Gasteiger partial charge in [0.25, 0.3) is 0 Å². The van der Waals surface area contributed by atoms with Crippen molar-refractivity contribution >= 4 is 17.8 Å². The third-order valence-electron chi connectivity index (χ3n) is 2.33. The van der Waals surface area contributed by atoms with Gasteiger partial charge in [0.1, 0.15) is 6.04 Å². The zero-order valence-electron chi connectivity index (χ0n) is 7.64. The summed E-state index contributed by atoms with van der Waals surface area (Å²) in [4.78, 5) is 33.4. The third kappa shape index (κ3) is 1.84. The molecule has 0 aromatic rings. The van der Waals surface area contributed by atoms with Crippen LogP contribution in [0.2, 0.25) is 0 Å². The minimum absolute atomic E-state index is 0.0123. The van der Waals surface area contributed by atoms with Gasteiger partial charge in [-0.25, -0.2) is 4.79 Å². The van der Waals surface area contributed by atoms with Crippen molar-refractivity contribution in [2.45, 2.75) is 19.4 Å². The van der Waals surface area contributed by atoms with Crippen molar-refractivity contribution in [2.24, 2.45) is 5.92 Å². The molecule has 1 rings (SSSR count). The van der Waals surface area contributed by atoms with Crippen LogP contribution in [0, 0.1) is 5.92 Å². The van der Waals surface area contributed by atoms with Gasteiger partial charge in [-0.1, -0.05) is 0 Å². The van der Waals surface area contributed by atoms with E-state index in [4.69, 9.17) is 10.2 Å². The smallest absolute Gasteiger partial charge is 0.326 e. The second-order valence-corrected chi connectivity index (χ2v) is 3.30. The van der Waals surface area contributed by atoms with E-state index in [-0.39, 0.29) is 13.0 Å². The van der Waals surface area contributed by atoms with Crippen molar-refractivity contribution < 1.29 is 24.6 Å². The number of carboxylic acids is 2. The minimum atomic E-state index is -1.12. The van der Waals surface area contributed by atoms with E-state index < -0.39 is 29.8 Å². The molecule has 0 aromatic carbocycles. The van der Waals surface area contributed by atoms with Crippen molar-refractivity contribution in [2.75, 3.05) is 6.54 Å². The van der Waals surface area contributed by atoms with Crippen molar-refractivity contribution in [3.8, 4) is 0 Å². The maximum Gasteiger partial charge on any atom is 0.326 e. The summed E-state index contributed by atoms with van der Waals surface area (Å²) in [6, 6.07) is -0.952. The molecule has 78 valence electrons.